The van der Waals surface area contributed by atoms with Crippen LogP contribution < -0.4 is 11.3 Å². The largest absolute Gasteiger partial charge is 0.529 e. The van der Waals surface area contributed by atoms with Crippen LogP contribution in [0.3, 0.4) is 0 Å². The summed E-state index contributed by atoms with van der Waals surface area (Å²) in [6.07, 6.45) is -0.934. The van der Waals surface area contributed by atoms with Gasteiger partial charge >= 0.3 is 13.8 Å². The molecule has 4 rings (SSSR count). The van der Waals surface area contributed by atoms with Crippen LogP contribution in [0.5, 0.6) is 0 Å². The van der Waals surface area contributed by atoms with Crippen LogP contribution in [0.4, 0.5) is 5.95 Å². The van der Waals surface area contributed by atoms with Crippen LogP contribution in [-0.2, 0) is 23.1 Å². The van der Waals surface area contributed by atoms with Gasteiger partial charge in [0.1, 0.15) is 18.3 Å². The molecule has 0 radical (unpaired) electrons. The number of nitrogens with zero attached hydrogens (tertiary/aromatic N) is 3. The van der Waals surface area contributed by atoms with Gasteiger partial charge in [0, 0.05) is 17.4 Å². The lowest BCUT2D eigenvalue weighted by Gasteiger charge is -2.17. The van der Waals surface area contributed by atoms with E-state index in [1.165, 1.54) is 10.9 Å². The standard InChI is InChI=1S/C18H26N5O9PS2/c19-18-21-15-12(16(27)22-18)20-8-23(15)17-14(26)13(25)10(31-17)7-30-33(28,29)32-11(24)4-2-1-3-9-5-6-34-35-9/h8-10,13-14,17,25-26H,1-7H2,(H,28,29)(H3,19,21,22,27)/t9-,10-,13-,14-,17-/m1/s1. The van der Waals surface area contributed by atoms with E-state index < -0.39 is 50.5 Å². The summed E-state index contributed by atoms with van der Waals surface area (Å²) in [5, 5.41) is 21.3. The summed E-state index contributed by atoms with van der Waals surface area (Å²) < 4.78 is 28.4. The molecule has 2 fully saturated rings. The Morgan fingerprint density at radius 3 is 2.91 bits per heavy atom. The van der Waals surface area contributed by atoms with Gasteiger partial charge < -0.3 is 25.2 Å². The lowest BCUT2D eigenvalue weighted by molar-refractivity contribution is -0.136. The van der Waals surface area contributed by atoms with Crippen molar-refractivity contribution in [1.29, 1.82) is 0 Å². The molecule has 1 unspecified atom stereocenters. The van der Waals surface area contributed by atoms with Crippen LogP contribution in [0.25, 0.3) is 11.2 Å². The molecular formula is C18H26N5O9PS2. The number of hydrogen-bond acceptors (Lipinski definition) is 13. The molecule has 2 aliphatic heterocycles. The predicted octanol–water partition coefficient (Wildman–Crippen LogP) is 0.695. The number of carbonyl (C=O) groups excluding carboxylic acids is 1. The summed E-state index contributed by atoms with van der Waals surface area (Å²) in [4.78, 5) is 43.9. The first-order chi connectivity index (χ1) is 16.6. The highest BCUT2D eigenvalue weighted by Gasteiger charge is 2.45. The van der Waals surface area contributed by atoms with Gasteiger partial charge in [0.15, 0.2) is 17.4 Å². The number of fused-ring (bicyclic) bond motifs is 1. The number of hydrogen-bond donors (Lipinski definition) is 5. The molecule has 0 aromatic carbocycles. The average molecular weight is 552 g/mol. The van der Waals surface area contributed by atoms with Crippen molar-refractivity contribution in [3.8, 4) is 0 Å². The lowest BCUT2D eigenvalue weighted by atomic mass is 10.1. The monoisotopic (exact) mass is 551 g/mol. The van der Waals surface area contributed by atoms with E-state index in [0.717, 1.165) is 25.0 Å². The molecule has 6 atom stereocenters. The van der Waals surface area contributed by atoms with Crippen LogP contribution in [0.2, 0.25) is 0 Å². The van der Waals surface area contributed by atoms with Crippen molar-refractivity contribution in [2.24, 2.45) is 0 Å². The minimum Gasteiger partial charge on any atom is -0.387 e. The first kappa shape index (κ1) is 26.4. The van der Waals surface area contributed by atoms with Gasteiger partial charge in [-0.1, -0.05) is 28.0 Å². The zero-order valence-electron chi connectivity index (χ0n) is 18.4. The van der Waals surface area contributed by atoms with Gasteiger partial charge in [0.2, 0.25) is 5.95 Å². The zero-order valence-corrected chi connectivity index (χ0v) is 20.9. The molecule has 2 aliphatic rings. The van der Waals surface area contributed by atoms with Gasteiger partial charge in [0.05, 0.1) is 12.9 Å². The number of imidazole rings is 1. The predicted molar refractivity (Wildman–Crippen MR) is 127 cm³/mol. The number of nitrogens with two attached hydrogens (primary N) is 1. The Morgan fingerprint density at radius 1 is 1.37 bits per heavy atom. The fourth-order valence-electron chi connectivity index (χ4n) is 3.80. The van der Waals surface area contributed by atoms with Crippen LogP contribution in [-0.4, -0.2) is 76.5 Å². The van der Waals surface area contributed by atoms with Crippen molar-refractivity contribution in [3.05, 3.63) is 16.7 Å². The van der Waals surface area contributed by atoms with Crippen molar-refractivity contribution in [1.82, 2.24) is 19.5 Å². The molecule has 4 heterocycles. The number of H-pyrrole nitrogens is 1. The Kier molecular flexibility index (Phi) is 8.43. The number of unbranched alkanes of at least 4 members (excludes halogenated alkanes) is 1. The number of aromatic nitrogens is 4. The molecular weight excluding hydrogens is 525 g/mol. The highest BCUT2D eigenvalue weighted by atomic mass is 33.1. The second-order valence-electron chi connectivity index (χ2n) is 8.12. The van der Waals surface area contributed by atoms with E-state index in [2.05, 4.69) is 19.5 Å². The van der Waals surface area contributed by atoms with Gasteiger partial charge in [-0.3, -0.25) is 28.6 Å². The molecule has 0 bridgehead atoms. The topological polar surface area (TPSA) is 212 Å². The number of aliphatic hydroxyl groups excluding tert-OH is 2. The van der Waals surface area contributed by atoms with Gasteiger partial charge in [0.25, 0.3) is 5.56 Å². The van der Waals surface area contributed by atoms with Crippen LogP contribution in [0.15, 0.2) is 11.1 Å². The maximum Gasteiger partial charge on any atom is 0.529 e. The number of aliphatic hydroxyl groups is 2. The molecule has 0 aliphatic carbocycles. The lowest BCUT2D eigenvalue weighted by Crippen LogP contribution is -2.33. The third-order valence-electron chi connectivity index (χ3n) is 5.57. The number of nitrogens with one attached hydrogen (secondary N) is 1. The first-order valence-electron chi connectivity index (χ1n) is 10.9. The number of carbonyl (C=O) groups is 1. The summed E-state index contributed by atoms with van der Waals surface area (Å²) in [5.74, 6) is 0.0783. The van der Waals surface area contributed by atoms with Crippen molar-refractivity contribution < 1.29 is 38.3 Å². The third-order valence-corrected chi connectivity index (χ3v) is 9.48. The summed E-state index contributed by atoms with van der Waals surface area (Å²) >= 11 is 0. The fourth-order valence-corrected chi connectivity index (χ4v) is 7.56. The Morgan fingerprint density at radius 2 is 2.17 bits per heavy atom. The molecule has 0 saturated carbocycles. The van der Waals surface area contributed by atoms with Crippen molar-refractivity contribution >= 4 is 52.5 Å². The number of anilines is 1. The molecule has 2 aromatic rings. The van der Waals surface area contributed by atoms with E-state index in [-0.39, 0.29) is 23.5 Å². The van der Waals surface area contributed by atoms with E-state index >= 15 is 0 Å². The number of phosphoric acid groups is 1. The molecule has 2 aromatic heterocycles. The molecule has 17 heteroatoms. The van der Waals surface area contributed by atoms with Crippen LogP contribution in [0.1, 0.15) is 38.3 Å². The number of phosphoric ester groups is 1. The smallest absolute Gasteiger partial charge is 0.387 e. The van der Waals surface area contributed by atoms with Gasteiger partial charge in [-0.05, 0) is 19.3 Å². The Balaban J connectivity index is 1.28. The summed E-state index contributed by atoms with van der Waals surface area (Å²) in [6.45, 7) is -0.658. The quantitative estimate of drug-likeness (QED) is 0.156. The van der Waals surface area contributed by atoms with E-state index in [4.69, 9.17) is 15.0 Å². The molecule has 194 valence electrons. The van der Waals surface area contributed by atoms with E-state index in [1.807, 2.05) is 21.6 Å². The molecule has 2 saturated heterocycles. The molecule has 0 spiro atoms. The molecule has 35 heavy (non-hydrogen) atoms. The number of aromatic amines is 1. The van der Waals surface area contributed by atoms with Crippen molar-refractivity contribution in [2.75, 3.05) is 18.1 Å². The van der Waals surface area contributed by atoms with Crippen LogP contribution in [0, 0.1) is 0 Å². The van der Waals surface area contributed by atoms with E-state index in [0.29, 0.717) is 11.7 Å². The average Bonchev–Trinajstić information content (AvgIpc) is 3.51. The second kappa shape index (κ2) is 11.2. The zero-order chi connectivity index (χ0) is 25.2. The fraction of sp³-hybridized carbons (Fsp3) is 0.667. The maximum atomic E-state index is 12.2. The van der Waals surface area contributed by atoms with Gasteiger partial charge in [-0.2, -0.15) is 4.98 Å². The molecule has 14 nitrogen and oxygen atoms in total. The maximum absolute atomic E-state index is 12.2. The normalized spacial score (nSPS) is 28.4. The first-order valence-corrected chi connectivity index (χ1v) is 14.7. The van der Waals surface area contributed by atoms with Gasteiger partial charge in [-0.25, -0.2) is 9.55 Å². The molecule has 6 N–H and O–H groups in total. The van der Waals surface area contributed by atoms with E-state index in [1.54, 1.807) is 0 Å². The Bertz CT molecular complexity index is 1160. The highest BCUT2D eigenvalue weighted by Crippen LogP contribution is 2.45. The number of nitrogen functional groups attached to an aromatic ring is 1. The van der Waals surface area contributed by atoms with Gasteiger partial charge in [-0.15, -0.1) is 0 Å². The molecule has 0 amide bonds. The minimum absolute atomic E-state index is 0.0103. The SMILES string of the molecule is Nc1nc2c(ncn2[C@@H]2O[C@H](COP(=O)(O)OC(=O)CCCC[C@@H]3CCSS3)[C@@H](O)[C@H]2O)c(=O)[nH]1. The Labute approximate surface area is 207 Å². The number of ether oxygens (including phenoxy) is 1. The van der Waals surface area contributed by atoms with Crippen molar-refractivity contribution in [3.63, 3.8) is 0 Å². The number of rotatable bonds is 10. The minimum atomic E-state index is -4.77. The van der Waals surface area contributed by atoms with Crippen LogP contribution >= 0.6 is 29.4 Å². The highest BCUT2D eigenvalue weighted by molar-refractivity contribution is 8.77. The second-order valence-corrected chi connectivity index (χ2v) is 12.3. The van der Waals surface area contributed by atoms with E-state index in [9.17, 15) is 29.3 Å². The van der Waals surface area contributed by atoms with Crippen molar-refractivity contribution in [2.45, 2.75) is 61.9 Å². The summed E-state index contributed by atoms with van der Waals surface area (Å²) in [6, 6.07) is 0. The summed E-state index contributed by atoms with van der Waals surface area (Å²) in [5.41, 5.74) is 4.91. The summed E-state index contributed by atoms with van der Waals surface area (Å²) in [7, 11) is -1.08. The Hall–Kier alpha value is -1.65. The third kappa shape index (κ3) is 6.38.